The number of hydrogen-bond donors (Lipinski definition) is 0. The normalized spacial score (nSPS) is 10.7. The Labute approximate surface area is 139 Å². The summed E-state index contributed by atoms with van der Waals surface area (Å²) in [5, 5.41) is 0. The molecule has 0 aliphatic rings. The molecule has 0 aliphatic heterocycles. The van der Waals surface area contributed by atoms with E-state index >= 15 is 4.39 Å². The Kier molecular flexibility index (Phi) is 4.61. The molecule has 0 bridgehead atoms. The van der Waals surface area contributed by atoms with Crippen LogP contribution in [0, 0.1) is 33.5 Å². The van der Waals surface area contributed by atoms with Crippen LogP contribution in [0.2, 0.25) is 0 Å². The minimum Gasteiger partial charge on any atom is -0.206 e. The quantitative estimate of drug-likeness (QED) is 0.585. The van der Waals surface area contributed by atoms with Gasteiger partial charge in [-0.2, -0.15) is 0 Å². The first-order valence-electron chi connectivity index (χ1n) is 7.88. The minimum atomic E-state index is -0.154. The van der Waals surface area contributed by atoms with Crippen molar-refractivity contribution in [1.82, 2.24) is 0 Å². The van der Waals surface area contributed by atoms with Gasteiger partial charge in [-0.1, -0.05) is 42.5 Å². The zero-order chi connectivity index (χ0) is 17.5. The Balaban J connectivity index is 2.95. The SMILES string of the molecule is C=C(C)c1cc(C)c(-c2c(C)ccc(C)c2C(=C)C)c(F)c1C. The smallest absolute Gasteiger partial charge is 0.134 e. The van der Waals surface area contributed by atoms with Gasteiger partial charge in [-0.3, -0.25) is 0 Å². The molecule has 0 amide bonds. The molecule has 0 radical (unpaired) electrons. The van der Waals surface area contributed by atoms with Gasteiger partial charge in [0.25, 0.3) is 0 Å². The van der Waals surface area contributed by atoms with Crippen LogP contribution in [0.25, 0.3) is 22.3 Å². The fourth-order valence-electron chi connectivity index (χ4n) is 3.31. The van der Waals surface area contributed by atoms with Crippen molar-refractivity contribution in [3.63, 3.8) is 0 Å². The molecular formula is C22H25F. The topological polar surface area (TPSA) is 0 Å². The summed E-state index contributed by atoms with van der Waals surface area (Å²) in [6.45, 7) is 19.8. The highest BCUT2D eigenvalue weighted by Crippen LogP contribution is 2.39. The van der Waals surface area contributed by atoms with Crippen molar-refractivity contribution >= 4 is 11.1 Å². The zero-order valence-corrected chi connectivity index (χ0v) is 15.0. The molecule has 1 heteroatoms. The van der Waals surface area contributed by atoms with Crippen molar-refractivity contribution in [3.05, 3.63) is 70.6 Å². The van der Waals surface area contributed by atoms with Crippen molar-refractivity contribution in [3.8, 4) is 11.1 Å². The van der Waals surface area contributed by atoms with Crippen LogP contribution in [-0.2, 0) is 0 Å². The molecule has 0 aromatic heterocycles. The largest absolute Gasteiger partial charge is 0.206 e. The van der Waals surface area contributed by atoms with Crippen LogP contribution < -0.4 is 0 Å². The Morgan fingerprint density at radius 1 is 0.826 bits per heavy atom. The molecule has 0 spiro atoms. The van der Waals surface area contributed by atoms with E-state index in [-0.39, 0.29) is 5.82 Å². The van der Waals surface area contributed by atoms with E-state index < -0.39 is 0 Å². The first-order chi connectivity index (χ1) is 10.7. The fourth-order valence-corrected chi connectivity index (χ4v) is 3.31. The lowest BCUT2D eigenvalue weighted by Gasteiger charge is -2.21. The third-order valence-corrected chi connectivity index (χ3v) is 4.47. The molecule has 0 unspecified atom stereocenters. The lowest BCUT2D eigenvalue weighted by Crippen LogP contribution is -2.02. The monoisotopic (exact) mass is 308 g/mol. The Morgan fingerprint density at radius 2 is 1.39 bits per heavy atom. The number of rotatable bonds is 3. The highest BCUT2D eigenvalue weighted by Gasteiger charge is 2.20. The second-order valence-corrected chi connectivity index (χ2v) is 6.57. The Morgan fingerprint density at radius 3 is 1.91 bits per heavy atom. The van der Waals surface area contributed by atoms with Crippen molar-refractivity contribution in [2.45, 2.75) is 41.5 Å². The van der Waals surface area contributed by atoms with Gasteiger partial charge in [0.15, 0.2) is 0 Å². The van der Waals surface area contributed by atoms with Gasteiger partial charge in [-0.15, -0.1) is 0 Å². The number of halogens is 1. The van der Waals surface area contributed by atoms with E-state index in [0.29, 0.717) is 11.1 Å². The van der Waals surface area contributed by atoms with Crippen LogP contribution in [0.3, 0.4) is 0 Å². The first-order valence-corrected chi connectivity index (χ1v) is 7.88. The maximum absolute atomic E-state index is 15.3. The third-order valence-electron chi connectivity index (χ3n) is 4.47. The molecule has 120 valence electrons. The van der Waals surface area contributed by atoms with Gasteiger partial charge >= 0.3 is 0 Å². The Bertz CT molecular complexity index is 823. The highest BCUT2D eigenvalue weighted by atomic mass is 19.1. The standard InChI is InChI=1S/C22H25F/c1-12(2)18-11-16(7)21(22(23)17(18)8)20-15(6)10-9-14(5)19(20)13(3)4/h9-11H,1,3H2,2,4-8H3. The van der Waals surface area contributed by atoms with Gasteiger partial charge in [0, 0.05) is 5.56 Å². The maximum atomic E-state index is 15.3. The Hall–Kier alpha value is -2.15. The van der Waals surface area contributed by atoms with E-state index in [4.69, 9.17) is 0 Å². The summed E-state index contributed by atoms with van der Waals surface area (Å²) in [6.07, 6.45) is 0. The number of benzene rings is 2. The van der Waals surface area contributed by atoms with Crippen molar-refractivity contribution in [2.75, 3.05) is 0 Å². The highest BCUT2D eigenvalue weighted by molar-refractivity contribution is 5.86. The summed E-state index contributed by atoms with van der Waals surface area (Å²) < 4.78 is 15.3. The molecule has 0 N–H and O–H groups in total. The molecule has 0 nitrogen and oxygen atoms in total. The molecule has 0 atom stereocenters. The lowest BCUT2D eigenvalue weighted by atomic mass is 9.84. The van der Waals surface area contributed by atoms with Crippen LogP contribution >= 0.6 is 0 Å². The van der Waals surface area contributed by atoms with Crippen LogP contribution in [0.1, 0.15) is 47.2 Å². The van der Waals surface area contributed by atoms with Crippen LogP contribution in [0.4, 0.5) is 4.39 Å². The van der Waals surface area contributed by atoms with Crippen LogP contribution in [0.15, 0.2) is 31.4 Å². The van der Waals surface area contributed by atoms with E-state index in [1.54, 1.807) is 0 Å². The van der Waals surface area contributed by atoms with Gasteiger partial charge in [0.2, 0.25) is 0 Å². The average molecular weight is 308 g/mol. The van der Waals surface area contributed by atoms with E-state index in [1.807, 2.05) is 40.7 Å². The van der Waals surface area contributed by atoms with E-state index in [9.17, 15) is 0 Å². The molecule has 2 rings (SSSR count). The maximum Gasteiger partial charge on any atom is 0.134 e. The van der Waals surface area contributed by atoms with Gasteiger partial charge < -0.3 is 0 Å². The summed E-state index contributed by atoms with van der Waals surface area (Å²) >= 11 is 0. The number of hydrogen-bond acceptors (Lipinski definition) is 0. The van der Waals surface area contributed by atoms with Gasteiger partial charge in [-0.05, 0) is 80.5 Å². The van der Waals surface area contributed by atoms with E-state index in [1.165, 1.54) is 0 Å². The molecule has 2 aromatic rings. The molecule has 0 fully saturated rings. The van der Waals surface area contributed by atoms with Crippen molar-refractivity contribution in [2.24, 2.45) is 0 Å². The summed E-state index contributed by atoms with van der Waals surface area (Å²) in [7, 11) is 0. The molecular weight excluding hydrogens is 283 g/mol. The minimum absolute atomic E-state index is 0.154. The predicted octanol–water partition coefficient (Wildman–Crippen LogP) is 6.79. The molecule has 23 heavy (non-hydrogen) atoms. The lowest BCUT2D eigenvalue weighted by molar-refractivity contribution is 0.620. The predicted molar refractivity (Wildman–Crippen MR) is 100 cm³/mol. The molecule has 0 saturated heterocycles. The first kappa shape index (κ1) is 17.2. The third kappa shape index (κ3) is 2.88. The van der Waals surface area contributed by atoms with Gasteiger partial charge in [0.1, 0.15) is 5.82 Å². The number of aryl methyl sites for hydroxylation is 3. The number of allylic oxidation sites excluding steroid dienone is 2. The second kappa shape index (κ2) is 6.16. The van der Waals surface area contributed by atoms with Crippen molar-refractivity contribution in [1.29, 1.82) is 0 Å². The molecule has 0 heterocycles. The molecule has 0 saturated carbocycles. The summed E-state index contributed by atoms with van der Waals surface area (Å²) in [5.74, 6) is -0.154. The summed E-state index contributed by atoms with van der Waals surface area (Å²) in [6, 6.07) is 6.17. The molecule has 0 aliphatic carbocycles. The average Bonchev–Trinajstić information content (AvgIpc) is 2.45. The van der Waals surface area contributed by atoms with Gasteiger partial charge in [0.05, 0.1) is 0 Å². The molecule has 2 aromatic carbocycles. The van der Waals surface area contributed by atoms with Gasteiger partial charge in [-0.25, -0.2) is 4.39 Å². The van der Waals surface area contributed by atoms with E-state index in [0.717, 1.165) is 44.5 Å². The van der Waals surface area contributed by atoms with Crippen LogP contribution in [-0.4, -0.2) is 0 Å². The zero-order valence-electron chi connectivity index (χ0n) is 15.0. The summed E-state index contributed by atoms with van der Waals surface area (Å²) in [4.78, 5) is 0. The fraction of sp³-hybridized carbons (Fsp3) is 0.273. The van der Waals surface area contributed by atoms with E-state index in [2.05, 4.69) is 32.2 Å². The second-order valence-electron chi connectivity index (χ2n) is 6.57. The summed E-state index contributed by atoms with van der Waals surface area (Å²) in [5.41, 5.74) is 9.22. The van der Waals surface area contributed by atoms with Crippen molar-refractivity contribution < 1.29 is 4.39 Å². The van der Waals surface area contributed by atoms with Crippen LogP contribution in [0.5, 0.6) is 0 Å².